The minimum Gasteiger partial charge on any atom is -0.497 e. The van der Waals surface area contributed by atoms with E-state index in [9.17, 15) is 4.79 Å². The Morgan fingerprint density at radius 3 is 2.46 bits per heavy atom. The van der Waals surface area contributed by atoms with Gasteiger partial charge < -0.3 is 20.6 Å². The molecular weight excluding hydrogens is 378 g/mol. The minimum absolute atomic E-state index is 0.145. The number of hydrogen-bond acceptors (Lipinski definition) is 7. The van der Waals surface area contributed by atoms with Gasteiger partial charge >= 0.3 is 0 Å². The molecule has 9 heteroatoms. The standard InChI is InChI=1S/C19H21N5O3S/c1-13-3-5-14(6-4-13)21-18(25)12-28-19-23-22-17(24(19)20)11-27-16-9-7-15(26-2)8-10-16/h3-10H,11-12,20H2,1-2H3,(H,21,25). The Morgan fingerprint density at radius 1 is 1.11 bits per heavy atom. The number of ether oxygens (including phenoxy) is 2. The fourth-order valence-electron chi connectivity index (χ4n) is 2.29. The van der Waals surface area contributed by atoms with Crippen molar-refractivity contribution in [2.24, 2.45) is 0 Å². The summed E-state index contributed by atoms with van der Waals surface area (Å²) < 4.78 is 12.1. The molecule has 1 heterocycles. The molecule has 0 unspecified atom stereocenters. The van der Waals surface area contributed by atoms with E-state index in [0.717, 1.165) is 17.0 Å². The van der Waals surface area contributed by atoms with Gasteiger partial charge in [0.05, 0.1) is 12.9 Å². The van der Waals surface area contributed by atoms with E-state index in [2.05, 4.69) is 15.5 Å². The summed E-state index contributed by atoms with van der Waals surface area (Å²) in [4.78, 5) is 12.1. The molecule has 28 heavy (non-hydrogen) atoms. The first kappa shape index (κ1) is 19.6. The van der Waals surface area contributed by atoms with E-state index in [0.29, 0.717) is 16.7 Å². The van der Waals surface area contributed by atoms with Gasteiger partial charge in [-0.05, 0) is 43.3 Å². The molecule has 8 nitrogen and oxygen atoms in total. The summed E-state index contributed by atoms with van der Waals surface area (Å²) in [5, 5.41) is 11.3. The molecule has 3 rings (SSSR count). The fraction of sp³-hybridized carbons (Fsp3) is 0.211. The van der Waals surface area contributed by atoms with Crippen LogP contribution in [0.1, 0.15) is 11.4 Å². The number of aryl methyl sites for hydroxylation is 1. The molecule has 3 aromatic rings. The van der Waals surface area contributed by atoms with Crippen LogP contribution in [0.3, 0.4) is 0 Å². The molecule has 0 aliphatic rings. The minimum atomic E-state index is -0.145. The van der Waals surface area contributed by atoms with E-state index >= 15 is 0 Å². The Balaban J connectivity index is 1.50. The summed E-state index contributed by atoms with van der Waals surface area (Å²) in [6, 6.07) is 14.8. The van der Waals surface area contributed by atoms with Crippen molar-refractivity contribution < 1.29 is 14.3 Å². The quantitative estimate of drug-likeness (QED) is 0.443. The lowest BCUT2D eigenvalue weighted by atomic mass is 10.2. The molecule has 146 valence electrons. The highest BCUT2D eigenvalue weighted by Gasteiger charge is 2.13. The third-order valence-electron chi connectivity index (χ3n) is 3.83. The molecule has 0 aliphatic carbocycles. The van der Waals surface area contributed by atoms with Crippen LogP contribution in [-0.2, 0) is 11.4 Å². The van der Waals surface area contributed by atoms with E-state index < -0.39 is 0 Å². The molecule has 0 saturated heterocycles. The van der Waals surface area contributed by atoms with Gasteiger partial charge in [0, 0.05) is 5.69 Å². The SMILES string of the molecule is COc1ccc(OCc2nnc(SCC(=O)Nc3ccc(C)cc3)n2N)cc1. The number of thioether (sulfide) groups is 1. The maximum absolute atomic E-state index is 12.1. The number of nitrogen functional groups attached to an aromatic ring is 1. The lowest BCUT2D eigenvalue weighted by molar-refractivity contribution is -0.113. The monoisotopic (exact) mass is 399 g/mol. The van der Waals surface area contributed by atoms with Gasteiger partial charge in [0.1, 0.15) is 18.1 Å². The van der Waals surface area contributed by atoms with Gasteiger partial charge in [-0.25, -0.2) is 4.68 Å². The lowest BCUT2D eigenvalue weighted by Gasteiger charge is -2.07. The highest BCUT2D eigenvalue weighted by Crippen LogP contribution is 2.19. The summed E-state index contributed by atoms with van der Waals surface area (Å²) in [5.74, 6) is 7.90. The van der Waals surface area contributed by atoms with Crippen LogP contribution in [0.4, 0.5) is 5.69 Å². The Morgan fingerprint density at radius 2 is 1.79 bits per heavy atom. The van der Waals surface area contributed by atoms with E-state index in [1.165, 1.54) is 16.4 Å². The van der Waals surface area contributed by atoms with Gasteiger partial charge in [-0.3, -0.25) is 4.79 Å². The molecule has 0 fully saturated rings. The molecule has 3 N–H and O–H groups in total. The average molecular weight is 399 g/mol. The normalized spacial score (nSPS) is 10.5. The van der Waals surface area contributed by atoms with Gasteiger partial charge in [-0.15, -0.1) is 10.2 Å². The van der Waals surface area contributed by atoms with E-state index in [1.54, 1.807) is 31.4 Å². The number of rotatable bonds is 8. The number of anilines is 1. The number of nitrogens with two attached hydrogens (primary N) is 1. The van der Waals surface area contributed by atoms with Crippen molar-refractivity contribution >= 4 is 23.4 Å². The van der Waals surface area contributed by atoms with Crippen molar-refractivity contribution in [1.82, 2.24) is 14.9 Å². The van der Waals surface area contributed by atoms with Crippen molar-refractivity contribution in [2.45, 2.75) is 18.7 Å². The van der Waals surface area contributed by atoms with Crippen LogP contribution in [0.25, 0.3) is 0 Å². The van der Waals surface area contributed by atoms with Crippen LogP contribution < -0.4 is 20.6 Å². The predicted molar refractivity (Wildman–Crippen MR) is 108 cm³/mol. The summed E-state index contributed by atoms with van der Waals surface area (Å²) >= 11 is 1.21. The first-order chi connectivity index (χ1) is 13.5. The molecule has 0 aliphatic heterocycles. The zero-order valence-electron chi connectivity index (χ0n) is 15.6. The maximum atomic E-state index is 12.1. The third kappa shape index (κ3) is 5.17. The first-order valence-corrected chi connectivity index (χ1v) is 9.49. The van der Waals surface area contributed by atoms with Crippen molar-refractivity contribution in [3.8, 4) is 11.5 Å². The van der Waals surface area contributed by atoms with Crippen LogP contribution >= 0.6 is 11.8 Å². The third-order valence-corrected chi connectivity index (χ3v) is 4.77. The fourth-order valence-corrected chi connectivity index (χ4v) is 2.96. The zero-order chi connectivity index (χ0) is 19.9. The second-order valence-electron chi connectivity index (χ2n) is 5.94. The summed E-state index contributed by atoms with van der Waals surface area (Å²) in [6.07, 6.45) is 0. The van der Waals surface area contributed by atoms with Crippen LogP contribution in [-0.4, -0.2) is 33.6 Å². The summed E-state index contributed by atoms with van der Waals surface area (Å²) in [7, 11) is 1.60. The zero-order valence-corrected chi connectivity index (χ0v) is 16.4. The van der Waals surface area contributed by atoms with Gasteiger partial charge in [0.15, 0.2) is 5.82 Å². The number of nitrogens with one attached hydrogen (secondary N) is 1. The highest BCUT2D eigenvalue weighted by atomic mass is 32.2. The molecule has 0 radical (unpaired) electrons. The number of benzene rings is 2. The van der Waals surface area contributed by atoms with Crippen molar-refractivity contribution in [1.29, 1.82) is 0 Å². The molecule has 1 amide bonds. The van der Waals surface area contributed by atoms with Crippen LogP contribution in [0.15, 0.2) is 53.7 Å². The number of nitrogens with zero attached hydrogens (tertiary/aromatic N) is 3. The van der Waals surface area contributed by atoms with Gasteiger partial charge in [-0.2, -0.15) is 0 Å². The molecular formula is C19H21N5O3S. The Hall–Kier alpha value is -3.20. The molecule has 0 spiro atoms. The number of carbonyl (C=O) groups excluding carboxylic acids is 1. The highest BCUT2D eigenvalue weighted by molar-refractivity contribution is 7.99. The topological polar surface area (TPSA) is 104 Å². The van der Waals surface area contributed by atoms with Crippen molar-refractivity contribution in [2.75, 3.05) is 24.0 Å². The lowest BCUT2D eigenvalue weighted by Crippen LogP contribution is -2.18. The Labute approximate surface area is 167 Å². The Kier molecular flexibility index (Phi) is 6.38. The summed E-state index contributed by atoms with van der Waals surface area (Å²) in [5.41, 5.74) is 1.88. The smallest absolute Gasteiger partial charge is 0.234 e. The van der Waals surface area contributed by atoms with Crippen LogP contribution in [0.5, 0.6) is 11.5 Å². The van der Waals surface area contributed by atoms with Gasteiger partial charge in [0.2, 0.25) is 11.1 Å². The number of hydrogen-bond donors (Lipinski definition) is 2. The van der Waals surface area contributed by atoms with Crippen LogP contribution in [0, 0.1) is 6.92 Å². The van der Waals surface area contributed by atoms with E-state index in [4.69, 9.17) is 15.3 Å². The molecule has 0 bridgehead atoms. The summed E-state index contributed by atoms with van der Waals surface area (Å²) in [6.45, 7) is 2.15. The van der Waals surface area contributed by atoms with Crippen molar-refractivity contribution in [3.05, 3.63) is 59.9 Å². The Bertz CT molecular complexity index is 926. The maximum Gasteiger partial charge on any atom is 0.234 e. The number of aromatic nitrogens is 3. The number of carbonyl (C=O) groups is 1. The molecule has 0 atom stereocenters. The first-order valence-electron chi connectivity index (χ1n) is 8.50. The van der Waals surface area contributed by atoms with Crippen molar-refractivity contribution in [3.63, 3.8) is 0 Å². The van der Waals surface area contributed by atoms with Crippen LogP contribution in [0.2, 0.25) is 0 Å². The van der Waals surface area contributed by atoms with E-state index in [1.807, 2.05) is 31.2 Å². The second kappa shape index (κ2) is 9.14. The molecule has 1 aromatic heterocycles. The second-order valence-corrected chi connectivity index (χ2v) is 6.88. The molecule has 2 aromatic carbocycles. The number of amides is 1. The average Bonchev–Trinajstić information content (AvgIpc) is 3.06. The van der Waals surface area contributed by atoms with E-state index in [-0.39, 0.29) is 18.3 Å². The van der Waals surface area contributed by atoms with Gasteiger partial charge in [0.25, 0.3) is 0 Å². The predicted octanol–water partition coefficient (Wildman–Crippen LogP) is 2.62. The van der Waals surface area contributed by atoms with Gasteiger partial charge in [-0.1, -0.05) is 29.5 Å². The largest absolute Gasteiger partial charge is 0.497 e. The molecule has 0 saturated carbocycles. The number of methoxy groups -OCH3 is 1.